The van der Waals surface area contributed by atoms with Gasteiger partial charge in [-0.1, -0.05) is 12.1 Å². The van der Waals surface area contributed by atoms with Gasteiger partial charge in [0.2, 0.25) is 0 Å². The van der Waals surface area contributed by atoms with Gasteiger partial charge in [-0.25, -0.2) is 4.79 Å². The van der Waals surface area contributed by atoms with Crippen LogP contribution >= 0.6 is 0 Å². The van der Waals surface area contributed by atoms with Gasteiger partial charge in [0, 0.05) is 12.1 Å². The molecular formula is C10H11N2O. The number of benzene rings is 1. The summed E-state index contributed by atoms with van der Waals surface area (Å²) in [4.78, 5) is 14.3. The third kappa shape index (κ3) is 1.16. The molecule has 0 aliphatic rings. The van der Waals surface area contributed by atoms with Crippen molar-refractivity contribution in [2.75, 3.05) is 0 Å². The zero-order chi connectivity index (χ0) is 9.42. The molecule has 0 fully saturated rings. The minimum absolute atomic E-state index is 0.0625. The van der Waals surface area contributed by atoms with Crippen LogP contribution in [0.15, 0.2) is 23.0 Å². The Hall–Kier alpha value is -1.51. The van der Waals surface area contributed by atoms with E-state index in [4.69, 9.17) is 0 Å². The maximum absolute atomic E-state index is 11.5. The molecule has 67 valence electrons. The second-order valence-electron chi connectivity index (χ2n) is 3.33. The van der Waals surface area contributed by atoms with Crippen molar-refractivity contribution in [3.8, 4) is 0 Å². The second-order valence-corrected chi connectivity index (χ2v) is 3.33. The van der Waals surface area contributed by atoms with E-state index in [-0.39, 0.29) is 11.7 Å². The Labute approximate surface area is 76.0 Å². The van der Waals surface area contributed by atoms with Gasteiger partial charge in [0.15, 0.2) is 0 Å². The van der Waals surface area contributed by atoms with Crippen LogP contribution in [0.4, 0.5) is 0 Å². The lowest BCUT2D eigenvalue weighted by Gasteiger charge is -2.05. The highest BCUT2D eigenvalue weighted by molar-refractivity contribution is 5.74. The third-order valence-electron chi connectivity index (χ3n) is 2.05. The number of hydrogen-bond acceptors (Lipinski definition) is 1. The zero-order valence-corrected chi connectivity index (χ0v) is 7.66. The molecule has 0 bridgehead atoms. The molecule has 0 unspecified atom stereocenters. The van der Waals surface area contributed by atoms with Gasteiger partial charge < -0.3 is 4.98 Å². The number of H-pyrrole nitrogens is 1. The van der Waals surface area contributed by atoms with Gasteiger partial charge >= 0.3 is 5.69 Å². The molecule has 0 aliphatic heterocycles. The summed E-state index contributed by atoms with van der Waals surface area (Å²) in [5.74, 6) is 0. The van der Waals surface area contributed by atoms with E-state index in [2.05, 4.69) is 11.1 Å². The zero-order valence-electron chi connectivity index (χ0n) is 7.66. The maximum Gasteiger partial charge on any atom is 0.326 e. The number of nitrogens with zero attached hydrogens (tertiary/aromatic N) is 1. The number of imidazole rings is 1. The molecule has 3 nitrogen and oxygen atoms in total. The average molecular weight is 175 g/mol. The van der Waals surface area contributed by atoms with Crippen molar-refractivity contribution >= 4 is 11.0 Å². The molecule has 0 spiro atoms. The van der Waals surface area contributed by atoms with E-state index in [9.17, 15) is 4.79 Å². The quantitative estimate of drug-likeness (QED) is 0.704. The fourth-order valence-corrected chi connectivity index (χ4v) is 1.50. The molecule has 1 heterocycles. The first-order chi connectivity index (χ1) is 6.20. The van der Waals surface area contributed by atoms with Gasteiger partial charge in [-0.2, -0.15) is 0 Å². The predicted molar refractivity (Wildman–Crippen MR) is 51.8 cm³/mol. The molecular weight excluding hydrogens is 164 g/mol. The lowest BCUT2D eigenvalue weighted by molar-refractivity contribution is 0.597. The molecule has 0 saturated heterocycles. The molecule has 0 aliphatic carbocycles. The molecule has 1 radical (unpaired) electrons. The Balaban J connectivity index is 2.87. The first-order valence-corrected chi connectivity index (χ1v) is 4.31. The monoisotopic (exact) mass is 175 g/mol. The number of rotatable bonds is 1. The Morgan fingerprint density at radius 3 is 3.00 bits per heavy atom. The van der Waals surface area contributed by atoms with Crippen LogP contribution in [0.2, 0.25) is 0 Å². The SMILES string of the molecule is CC(C)n1c(=O)[nH]c2ccc[c]c21. The number of hydrogen-bond donors (Lipinski definition) is 1. The van der Waals surface area contributed by atoms with Crippen LogP contribution in [0.1, 0.15) is 19.9 Å². The molecule has 1 aromatic carbocycles. The van der Waals surface area contributed by atoms with Crippen molar-refractivity contribution in [3.05, 3.63) is 34.7 Å². The van der Waals surface area contributed by atoms with Gasteiger partial charge in [0.1, 0.15) is 0 Å². The number of nitrogens with one attached hydrogen (secondary N) is 1. The second kappa shape index (κ2) is 2.76. The lowest BCUT2D eigenvalue weighted by atomic mass is 10.3. The van der Waals surface area contributed by atoms with Crippen LogP contribution in [0.5, 0.6) is 0 Å². The normalized spacial score (nSPS) is 11.3. The Morgan fingerprint density at radius 2 is 2.31 bits per heavy atom. The summed E-state index contributed by atoms with van der Waals surface area (Å²) in [5, 5.41) is 0. The molecule has 0 amide bonds. The first kappa shape index (κ1) is 8.10. The van der Waals surface area contributed by atoms with E-state index in [1.165, 1.54) is 0 Å². The largest absolute Gasteiger partial charge is 0.326 e. The Kier molecular flexibility index (Phi) is 1.72. The topological polar surface area (TPSA) is 37.8 Å². The van der Waals surface area contributed by atoms with Crippen LogP contribution in [-0.2, 0) is 0 Å². The van der Waals surface area contributed by atoms with Crippen LogP contribution in [0.3, 0.4) is 0 Å². The lowest BCUT2D eigenvalue weighted by Crippen LogP contribution is -2.18. The third-order valence-corrected chi connectivity index (χ3v) is 2.05. The van der Waals surface area contributed by atoms with Crippen molar-refractivity contribution in [2.45, 2.75) is 19.9 Å². The highest BCUT2D eigenvalue weighted by Gasteiger charge is 2.07. The number of aromatic amines is 1. The van der Waals surface area contributed by atoms with Crippen molar-refractivity contribution in [3.63, 3.8) is 0 Å². The minimum atomic E-state index is -0.0625. The standard InChI is InChI=1S/C10H11N2O/c1-7(2)12-9-6-4-3-5-8(9)11-10(12)13/h3-5,7H,1-2H3,(H,11,13). The van der Waals surface area contributed by atoms with Crippen LogP contribution in [0.25, 0.3) is 11.0 Å². The molecule has 1 aromatic heterocycles. The molecule has 1 N–H and O–H groups in total. The Bertz CT molecular complexity index is 479. The summed E-state index contributed by atoms with van der Waals surface area (Å²) in [6.45, 7) is 3.96. The Morgan fingerprint density at radius 1 is 1.54 bits per heavy atom. The molecule has 0 saturated carbocycles. The van der Waals surface area contributed by atoms with Crippen molar-refractivity contribution in [2.24, 2.45) is 0 Å². The van der Waals surface area contributed by atoms with Crippen molar-refractivity contribution in [1.82, 2.24) is 9.55 Å². The summed E-state index contributed by atoms with van der Waals surface area (Å²) >= 11 is 0. The van der Waals surface area contributed by atoms with E-state index in [1.807, 2.05) is 32.0 Å². The van der Waals surface area contributed by atoms with Crippen molar-refractivity contribution < 1.29 is 0 Å². The summed E-state index contributed by atoms with van der Waals surface area (Å²) < 4.78 is 1.70. The molecule has 3 heteroatoms. The molecule has 0 atom stereocenters. The summed E-state index contributed by atoms with van der Waals surface area (Å²) in [7, 11) is 0. The fraction of sp³-hybridized carbons (Fsp3) is 0.300. The summed E-state index contributed by atoms with van der Waals surface area (Å²) in [6.07, 6.45) is 0. The maximum atomic E-state index is 11.5. The van der Waals surface area contributed by atoms with Gasteiger partial charge in [0.05, 0.1) is 11.0 Å². The molecule has 13 heavy (non-hydrogen) atoms. The molecule has 2 rings (SSSR count). The smallest absolute Gasteiger partial charge is 0.306 e. The van der Waals surface area contributed by atoms with E-state index >= 15 is 0 Å². The van der Waals surface area contributed by atoms with Crippen LogP contribution < -0.4 is 5.69 Å². The van der Waals surface area contributed by atoms with E-state index in [0.29, 0.717) is 0 Å². The summed E-state index contributed by atoms with van der Waals surface area (Å²) in [6, 6.07) is 8.78. The fourth-order valence-electron chi connectivity index (χ4n) is 1.50. The number of aromatic nitrogens is 2. The van der Waals surface area contributed by atoms with E-state index in [1.54, 1.807) is 4.57 Å². The van der Waals surface area contributed by atoms with Gasteiger partial charge in [-0.15, -0.1) is 0 Å². The van der Waals surface area contributed by atoms with Crippen molar-refractivity contribution in [1.29, 1.82) is 0 Å². The van der Waals surface area contributed by atoms with Gasteiger partial charge in [-0.05, 0) is 19.9 Å². The highest BCUT2D eigenvalue weighted by Crippen LogP contribution is 2.12. The first-order valence-electron chi connectivity index (χ1n) is 4.31. The van der Waals surface area contributed by atoms with Gasteiger partial charge in [-0.3, -0.25) is 4.57 Å². The van der Waals surface area contributed by atoms with Crippen LogP contribution in [-0.4, -0.2) is 9.55 Å². The highest BCUT2D eigenvalue weighted by atomic mass is 16.1. The average Bonchev–Trinajstić information content (AvgIpc) is 2.39. The van der Waals surface area contributed by atoms with Gasteiger partial charge in [0.25, 0.3) is 0 Å². The summed E-state index contributed by atoms with van der Waals surface area (Å²) in [5.41, 5.74) is 1.64. The van der Waals surface area contributed by atoms with E-state index in [0.717, 1.165) is 11.0 Å². The predicted octanol–water partition coefficient (Wildman–Crippen LogP) is 1.71. The number of para-hydroxylation sites is 1. The minimum Gasteiger partial charge on any atom is -0.306 e. The molecule has 2 aromatic rings. The number of fused-ring (bicyclic) bond motifs is 1. The van der Waals surface area contributed by atoms with E-state index < -0.39 is 0 Å². The van der Waals surface area contributed by atoms with Crippen LogP contribution in [0, 0.1) is 6.07 Å².